The number of aliphatic hydroxyl groups excluding tert-OH is 2. The molecule has 0 saturated heterocycles. The summed E-state index contributed by atoms with van der Waals surface area (Å²) in [7, 11) is 3.47. The molecular formula is C13H20ClNO3. The zero-order chi connectivity index (χ0) is 13.5. The first kappa shape index (κ1) is 15.2. The Labute approximate surface area is 113 Å². The molecule has 0 aliphatic rings. The van der Waals surface area contributed by atoms with Gasteiger partial charge in [-0.25, -0.2) is 0 Å². The predicted molar refractivity (Wildman–Crippen MR) is 72.2 cm³/mol. The third-order valence-corrected chi connectivity index (χ3v) is 3.05. The lowest BCUT2D eigenvalue weighted by Crippen LogP contribution is -2.24. The monoisotopic (exact) mass is 273 g/mol. The van der Waals surface area contributed by atoms with Crippen LogP contribution in [0.4, 0.5) is 0 Å². The molecule has 102 valence electrons. The molecule has 1 atom stereocenters. The summed E-state index contributed by atoms with van der Waals surface area (Å²) in [6.07, 6.45) is -0.0625. The van der Waals surface area contributed by atoms with Crippen molar-refractivity contribution in [3.8, 4) is 5.75 Å². The molecule has 0 aromatic heterocycles. The molecular weight excluding hydrogens is 254 g/mol. The van der Waals surface area contributed by atoms with Gasteiger partial charge in [0.05, 0.1) is 19.8 Å². The molecule has 5 heteroatoms. The summed E-state index contributed by atoms with van der Waals surface area (Å²) in [6.45, 7) is 1.41. The van der Waals surface area contributed by atoms with Crippen LogP contribution in [0.25, 0.3) is 0 Å². The molecule has 0 saturated carbocycles. The van der Waals surface area contributed by atoms with Crippen molar-refractivity contribution in [1.29, 1.82) is 0 Å². The van der Waals surface area contributed by atoms with Gasteiger partial charge in [0.25, 0.3) is 0 Å². The van der Waals surface area contributed by atoms with E-state index >= 15 is 0 Å². The van der Waals surface area contributed by atoms with Gasteiger partial charge in [-0.3, -0.25) is 0 Å². The number of rotatable bonds is 7. The molecule has 0 aliphatic carbocycles. The minimum atomic E-state index is -0.625. The maximum absolute atomic E-state index is 10.1. The Balaban J connectivity index is 2.65. The number of ether oxygens (including phenoxy) is 1. The summed E-state index contributed by atoms with van der Waals surface area (Å²) >= 11 is 5.92. The molecule has 0 aliphatic heterocycles. The fourth-order valence-electron chi connectivity index (χ4n) is 1.75. The van der Waals surface area contributed by atoms with Crippen LogP contribution in [0.2, 0.25) is 5.02 Å². The molecule has 4 nitrogen and oxygen atoms in total. The molecule has 0 bridgehead atoms. The number of benzene rings is 1. The second-order valence-corrected chi connectivity index (χ2v) is 4.65. The number of hydrogen-bond acceptors (Lipinski definition) is 4. The average Bonchev–Trinajstić information content (AvgIpc) is 2.36. The third-order valence-electron chi connectivity index (χ3n) is 2.82. The van der Waals surface area contributed by atoms with Gasteiger partial charge in [0.15, 0.2) is 0 Å². The van der Waals surface area contributed by atoms with Crippen molar-refractivity contribution in [1.82, 2.24) is 4.90 Å². The van der Waals surface area contributed by atoms with Gasteiger partial charge in [0, 0.05) is 23.7 Å². The molecule has 0 heterocycles. The van der Waals surface area contributed by atoms with Crippen molar-refractivity contribution in [3.63, 3.8) is 0 Å². The van der Waals surface area contributed by atoms with Gasteiger partial charge in [-0.15, -0.1) is 0 Å². The van der Waals surface area contributed by atoms with Crippen molar-refractivity contribution in [2.24, 2.45) is 0 Å². The minimum Gasteiger partial charge on any atom is -0.496 e. The van der Waals surface area contributed by atoms with E-state index in [1.165, 1.54) is 0 Å². The van der Waals surface area contributed by atoms with Crippen LogP contribution in [0.3, 0.4) is 0 Å². The van der Waals surface area contributed by atoms with E-state index in [2.05, 4.69) is 0 Å². The summed E-state index contributed by atoms with van der Waals surface area (Å²) in [4.78, 5) is 1.96. The van der Waals surface area contributed by atoms with Gasteiger partial charge < -0.3 is 19.8 Å². The Kier molecular flexibility index (Phi) is 6.43. The highest BCUT2D eigenvalue weighted by Gasteiger charge is 2.14. The van der Waals surface area contributed by atoms with E-state index in [4.69, 9.17) is 21.4 Å². The molecule has 0 radical (unpaired) electrons. The van der Waals surface area contributed by atoms with Gasteiger partial charge in [0.1, 0.15) is 5.75 Å². The zero-order valence-corrected chi connectivity index (χ0v) is 11.5. The highest BCUT2D eigenvalue weighted by molar-refractivity contribution is 6.30. The van der Waals surface area contributed by atoms with E-state index in [-0.39, 0.29) is 6.61 Å². The number of aliphatic hydroxyl groups is 2. The quantitative estimate of drug-likeness (QED) is 0.794. The van der Waals surface area contributed by atoms with E-state index in [0.717, 1.165) is 0 Å². The first-order valence-corrected chi connectivity index (χ1v) is 6.27. The Morgan fingerprint density at radius 3 is 2.72 bits per heavy atom. The first-order valence-electron chi connectivity index (χ1n) is 5.89. The van der Waals surface area contributed by atoms with Gasteiger partial charge >= 0.3 is 0 Å². The number of methoxy groups -OCH3 is 1. The van der Waals surface area contributed by atoms with Crippen molar-refractivity contribution in [3.05, 3.63) is 28.8 Å². The Morgan fingerprint density at radius 2 is 2.11 bits per heavy atom. The molecule has 0 spiro atoms. The second kappa shape index (κ2) is 7.59. The number of hydrogen-bond donors (Lipinski definition) is 2. The molecule has 1 aromatic rings. The van der Waals surface area contributed by atoms with Gasteiger partial charge in [0.2, 0.25) is 0 Å². The molecule has 18 heavy (non-hydrogen) atoms. The summed E-state index contributed by atoms with van der Waals surface area (Å²) < 4.78 is 5.20. The molecule has 0 fully saturated rings. The zero-order valence-electron chi connectivity index (χ0n) is 10.8. The lowest BCUT2D eigenvalue weighted by atomic mass is 10.1. The van der Waals surface area contributed by atoms with E-state index in [1.807, 2.05) is 11.9 Å². The number of halogens is 1. The summed E-state index contributed by atoms with van der Waals surface area (Å²) in [5.74, 6) is 0.636. The van der Waals surface area contributed by atoms with Crippen LogP contribution < -0.4 is 4.74 Å². The average molecular weight is 274 g/mol. The van der Waals surface area contributed by atoms with E-state index in [9.17, 15) is 5.11 Å². The molecule has 1 unspecified atom stereocenters. The predicted octanol–water partition coefficient (Wildman–Crippen LogP) is 1.70. The smallest absolute Gasteiger partial charge is 0.124 e. The molecule has 1 rings (SSSR count). The molecule has 2 N–H and O–H groups in total. The standard InChI is InChI=1S/C13H20ClNO3/c1-15(7-8-16)6-5-12(17)11-9-10(14)3-4-13(11)18-2/h3-4,9,12,16-17H,5-8H2,1-2H3. The van der Waals surface area contributed by atoms with Crippen LogP contribution in [0.1, 0.15) is 18.1 Å². The molecule has 1 aromatic carbocycles. The van der Waals surface area contributed by atoms with Gasteiger partial charge in [-0.1, -0.05) is 11.6 Å². The van der Waals surface area contributed by atoms with E-state index in [0.29, 0.717) is 35.8 Å². The Hall–Kier alpha value is -0.810. The second-order valence-electron chi connectivity index (χ2n) is 4.22. The van der Waals surface area contributed by atoms with Crippen molar-refractivity contribution >= 4 is 11.6 Å². The summed E-state index contributed by atoms with van der Waals surface area (Å²) in [6, 6.07) is 5.20. The Bertz CT molecular complexity index is 373. The topological polar surface area (TPSA) is 52.9 Å². The van der Waals surface area contributed by atoms with Crippen LogP contribution in [0, 0.1) is 0 Å². The fourth-order valence-corrected chi connectivity index (χ4v) is 1.93. The van der Waals surface area contributed by atoms with Crippen LogP contribution in [0.5, 0.6) is 5.75 Å². The van der Waals surface area contributed by atoms with Crippen molar-refractivity contribution in [2.45, 2.75) is 12.5 Å². The highest BCUT2D eigenvalue weighted by Crippen LogP contribution is 2.29. The van der Waals surface area contributed by atoms with Crippen LogP contribution in [0.15, 0.2) is 18.2 Å². The first-order chi connectivity index (χ1) is 8.58. The van der Waals surface area contributed by atoms with Crippen LogP contribution in [-0.2, 0) is 0 Å². The summed E-state index contributed by atoms with van der Waals surface area (Å²) in [5.41, 5.74) is 0.697. The SMILES string of the molecule is COc1ccc(Cl)cc1C(O)CCN(C)CCO. The van der Waals surface area contributed by atoms with Crippen LogP contribution >= 0.6 is 11.6 Å². The fraction of sp³-hybridized carbons (Fsp3) is 0.538. The van der Waals surface area contributed by atoms with E-state index < -0.39 is 6.10 Å². The maximum Gasteiger partial charge on any atom is 0.124 e. The lowest BCUT2D eigenvalue weighted by Gasteiger charge is -2.19. The highest BCUT2D eigenvalue weighted by atomic mass is 35.5. The maximum atomic E-state index is 10.1. The van der Waals surface area contributed by atoms with Crippen LogP contribution in [-0.4, -0.2) is 49.0 Å². The van der Waals surface area contributed by atoms with E-state index in [1.54, 1.807) is 25.3 Å². The lowest BCUT2D eigenvalue weighted by molar-refractivity contribution is 0.138. The number of likely N-dealkylation sites (N-methyl/N-ethyl adjacent to an activating group) is 1. The summed E-state index contributed by atoms with van der Waals surface area (Å²) in [5, 5.41) is 19.5. The minimum absolute atomic E-state index is 0.118. The van der Waals surface area contributed by atoms with Gasteiger partial charge in [-0.2, -0.15) is 0 Å². The molecule has 0 amide bonds. The largest absolute Gasteiger partial charge is 0.496 e. The van der Waals surface area contributed by atoms with Crippen molar-refractivity contribution in [2.75, 3.05) is 33.9 Å². The van der Waals surface area contributed by atoms with Crippen molar-refractivity contribution < 1.29 is 14.9 Å². The van der Waals surface area contributed by atoms with Gasteiger partial charge in [-0.05, 0) is 31.7 Å². The number of nitrogens with zero attached hydrogens (tertiary/aromatic N) is 1. The third kappa shape index (κ3) is 4.46. The normalized spacial score (nSPS) is 12.8. The Morgan fingerprint density at radius 1 is 1.39 bits per heavy atom.